The van der Waals surface area contributed by atoms with Crippen molar-refractivity contribution in [3.8, 4) is 0 Å². The van der Waals surface area contributed by atoms with Crippen LogP contribution in [-0.4, -0.2) is 110 Å². The molecule has 9 atom stereocenters. The molecule has 0 bridgehead atoms. The van der Waals surface area contributed by atoms with E-state index in [1.807, 2.05) is 0 Å². The van der Waals surface area contributed by atoms with E-state index >= 15 is 0 Å². The van der Waals surface area contributed by atoms with Gasteiger partial charge in [0.25, 0.3) is 0 Å². The number of aliphatic hydroxyl groups is 7. The summed E-state index contributed by atoms with van der Waals surface area (Å²) in [7, 11) is 0. The zero-order valence-corrected chi connectivity index (χ0v) is 52.1. The highest BCUT2D eigenvalue weighted by Crippen LogP contribution is 2.24. The lowest BCUT2D eigenvalue weighted by Gasteiger charge is -2.40. The number of rotatable bonds is 62. The minimum absolute atomic E-state index is 0.268. The van der Waals surface area contributed by atoms with Gasteiger partial charge in [0.05, 0.1) is 25.4 Å². The van der Waals surface area contributed by atoms with Crippen LogP contribution in [0.1, 0.15) is 361 Å². The molecule has 0 aromatic carbocycles. The molecule has 0 aliphatic carbocycles. The largest absolute Gasteiger partial charge is 0.394 e. The maximum Gasteiger partial charge on any atom is 0.249 e. The first-order valence-electron chi connectivity index (χ1n) is 34.9. The normalized spacial score (nSPS) is 19.2. The third kappa shape index (κ3) is 45.2. The molecule has 11 heteroatoms. The highest BCUT2D eigenvalue weighted by atomic mass is 16.7. The van der Waals surface area contributed by atoms with Gasteiger partial charge in [0.15, 0.2) is 6.29 Å². The number of aliphatic hydroxyl groups excluding tert-OH is 7. The van der Waals surface area contributed by atoms with Crippen LogP contribution in [0.4, 0.5) is 0 Å². The Bertz CT molecular complexity index is 1250. The van der Waals surface area contributed by atoms with E-state index in [1.54, 1.807) is 0 Å². The average Bonchev–Trinajstić information content (AvgIpc) is 3.46. The van der Waals surface area contributed by atoms with E-state index in [0.29, 0.717) is 19.3 Å². The van der Waals surface area contributed by atoms with E-state index in [4.69, 9.17) is 9.47 Å². The van der Waals surface area contributed by atoms with Gasteiger partial charge in [-0.3, -0.25) is 4.79 Å². The zero-order chi connectivity index (χ0) is 57.5. The molecule has 0 radical (unpaired) electrons. The van der Waals surface area contributed by atoms with Crippen molar-refractivity contribution in [2.45, 2.75) is 416 Å². The van der Waals surface area contributed by atoms with Crippen molar-refractivity contribution in [2.75, 3.05) is 13.2 Å². The van der Waals surface area contributed by atoms with Gasteiger partial charge in [-0.15, -0.1) is 0 Å². The van der Waals surface area contributed by atoms with Gasteiger partial charge >= 0.3 is 0 Å². The highest BCUT2D eigenvalue weighted by molar-refractivity contribution is 5.80. The fourth-order valence-electron chi connectivity index (χ4n) is 11.8. The molecule has 9 unspecified atom stereocenters. The third-order valence-electron chi connectivity index (χ3n) is 17.4. The molecule has 1 saturated heterocycles. The molecule has 79 heavy (non-hydrogen) atoms. The van der Waals surface area contributed by atoms with Crippen molar-refractivity contribution >= 4 is 5.91 Å². The van der Waals surface area contributed by atoms with Crippen molar-refractivity contribution in [2.24, 2.45) is 0 Å². The van der Waals surface area contributed by atoms with Gasteiger partial charge < -0.3 is 50.5 Å². The smallest absolute Gasteiger partial charge is 0.249 e. The Labute approximate surface area is 488 Å². The monoisotopic (exact) mass is 1130 g/mol. The Kier molecular flexibility index (Phi) is 55.4. The van der Waals surface area contributed by atoms with E-state index in [1.165, 1.54) is 283 Å². The maximum absolute atomic E-state index is 13.2. The predicted octanol–water partition coefficient (Wildman–Crippen LogP) is 16.5. The summed E-state index contributed by atoms with van der Waals surface area (Å²) in [5, 5.41) is 76.5. The summed E-state index contributed by atoms with van der Waals surface area (Å²) in [6.07, 6.45) is 57.5. The Balaban J connectivity index is 2.18. The van der Waals surface area contributed by atoms with Gasteiger partial charge in [-0.2, -0.15) is 0 Å². The van der Waals surface area contributed by atoms with Crippen LogP contribution in [0.15, 0.2) is 0 Å². The third-order valence-corrected chi connectivity index (χ3v) is 17.4. The van der Waals surface area contributed by atoms with Crippen LogP contribution in [0.5, 0.6) is 0 Å². The van der Waals surface area contributed by atoms with Crippen molar-refractivity contribution in [3.05, 3.63) is 0 Å². The van der Waals surface area contributed by atoms with E-state index in [0.717, 1.165) is 38.5 Å². The first-order valence-corrected chi connectivity index (χ1v) is 34.9. The van der Waals surface area contributed by atoms with E-state index in [-0.39, 0.29) is 6.42 Å². The molecular weight excluding hydrogens is 991 g/mol. The van der Waals surface area contributed by atoms with Crippen LogP contribution in [0.2, 0.25) is 0 Å². The minimum Gasteiger partial charge on any atom is -0.394 e. The predicted molar refractivity (Wildman–Crippen MR) is 330 cm³/mol. The number of nitrogens with one attached hydrogen (secondary N) is 1. The molecule has 1 aliphatic heterocycles. The summed E-state index contributed by atoms with van der Waals surface area (Å²) in [5.41, 5.74) is 0. The lowest BCUT2D eigenvalue weighted by Crippen LogP contribution is -2.60. The number of unbranched alkanes of at least 4 members (excludes halogenated alkanes) is 50. The molecule has 0 spiro atoms. The van der Waals surface area contributed by atoms with Crippen LogP contribution < -0.4 is 5.32 Å². The SMILES string of the molecule is CCCCCCCCCCCCCCCCCCCCCCCCCCCCCCCCC(O)C(=O)NC(COC1OC(CO)C(O)C(O)C1O)C(O)C(O)CCCCCCCCCCCCCCCCCCCCCCCC. The van der Waals surface area contributed by atoms with E-state index in [2.05, 4.69) is 19.2 Å². The summed E-state index contributed by atoms with van der Waals surface area (Å²) in [5.74, 6) is -0.687. The fourth-order valence-corrected chi connectivity index (χ4v) is 11.8. The van der Waals surface area contributed by atoms with Crippen molar-refractivity contribution in [1.82, 2.24) is 5.32 Å². The van der Waals surface area contributed by atoms with Gasteiger partial charge in [0.1, 0.15) is 36.6 Å². The number of amides is 1. The molecule has 1 heterocycles. The van der Waals surface area contributed by atoms with Crippen LogP contribution in [-0.2, 0) is 14.3 Å². The second-order valence-corrected chi connectivity index (χ2v) is 25.0. The standard InChI is InChI=1S/C68H135NO10/c1-3-5-7-9-11-13-15-17-19-21-23-25-27-28-29-30-31-32-33-34-36-38-40-42-44-46-48-50-52-54-56-61(72)67(77)69-59(58-78-68-66(76)65(75)64(74)62(57-70)79-68)63(73)60(71)55-53-51-49-47-45-43-41-39-37-35-26-24-22-20-18-16-14-12-10-8-6-4-2/h59-66,68,70-76H,3-58H2,1-2H3,(H,69,77). The Morgan fingerprint density at radius 3 is 0.937 bits per heavy atom. The number of carbonyl (C=O) groups is 1. The molecule has 1 aliphatic rings. The Morgan fingerprint density at radius 1 is 0.392 bits per heavy atom. The molecule has 0 aromatic rings. The van der Waals surface area contributed by atoms with Crippen LogP contribution in [0, 0.1) is 0 Å². The summed E-state index contributed by atoms with van der Waals surface area (Å²) < 4.78 is 11.2. The molecule has 1 amide bonds. The van der Waals surface area contributed by atoms with Gasteiger partial charge in [-0.25, -0.2) is 0 Å². The maximum atomic E-state index is 13.2. The van der Waals surface area contributed by atoms with Crippen molar-refractivity contribution < 1.29 is 50.0 Å². The number of hydrogen-bond acceptors (Lipinski definition) is 10. The topological polar surface area (TPSA) is 189 Å². The number of carbonyl (C=O) groups excluding carboxylic acids is 1. The van der Waals surface area contributed by atoms with Crippen LogP contribution >= 0.6 is 0 Å². The lowest BCUT2D eigenvalue weighted by molar-refractivity contribution is -0.303. The van der Waals surface area contributed by atoms with E-state index in [9.17, 15) is 40.5 Å². The Hall–Kier alpha value is -0.890. The van der Waals surface area contributed by atoms with Crippen molar-refractivity contribution in [1.29, 1.82) is 0 Å². The molecule has 8 N–H and O–H groups in total. The van der Waals surface area contributed by atoms with Crippen LogP contribution in [0.25, 0.3) is 0 Å². The molecule has 0 aromatic heterocycles. The van der Waals surface area contributed by atoms with E-state index < -0.39 is 74.2 Å². The summed E-state index contributed by atoms with van der Waals surface area (Å²) in [6.45, 7) is 3.53. The van der Waals surface area contributed by atoms with Crippen LogP contribution in [0.3, 0.4) is 0 Å². The fraction of sp³-hybridized carbons (Fsp3) is 0.985. The molecule has 0 saturated carbocycles. The number of ether oxygens (including phenoxy) is 2. The van der Waals surface area contributed by atoms with Gasteiger partial charge in [-0.1, -0.05) is 348 Å². The molecule has 1 rings (SSSR count). The molecule has 11 nitrogen and oxygen atoms in total. The Morgan fingerprint density at radius 2 is 0.658 bits per heavy atom. The van der Waals surface area contributed by atoms with Gasteiger partial charge in [0, 0.05) is 0 Å². The summed E-state index contributed by atoms with van der Waals surface area (Å²) >= 11 is 0. The minimum atomic E-state index is -1.66. The molecule has 472 valence electrons. The van der Waals surface area contributed by atoms with Crippen molar-refractivity contribution in [3.63, 3.8) is 0 Å². The van der Waals surface area contributed by atoms with Gasteiger partial charge in [-0.05, 0) is 12.8 Å². The lowest BCUT2D eigenvalue weighted by atomic mass is 9.98. The molecule has 1 fully saturated rings. The quantitative estimate of drug-likeness (QED) is 0.0272. The first kappa shape index (κ1) is 76.1. The first-order chi connectivity index (χ1) is 38.7. The second-order valence-electron chi connectivity index (χ2n) is 25.0. The molecular formula is C68H135NO10. The summed E-state index contributed by atoms with van der Waals surface area (Å²) in [4.78, 5) is 13.2. The average molecular weight is 1130 g/mol. The summed E-state index contributed by atoms with van der Waals surface area (Å²) in [6, 6.07) is -1.16. The highest BCUT2D eigenvalue weighted by Gasteiger charge is 2.44. The van der Waals surface area contributed by atoms with Gasteiger partial charge in [0.2, 0.25) is 5.91 Å². The second kappa shape index (κ2) is 57.5. The number of hydrogen-bond donors (Lipinski definition) is 8. The zero-order valence-electron chi connectivity index (χ0n) is 52.1.